The summed E-state index contributed by atoms with van der Waals surface area (Å²) in [6.07, 6.45) is 2.70. The molecule has 3 rings (SSSR count). The molecule has 170 valence electrons. The lowest BCUT2D eigenvalue weighted by Crippen LogP contribution is -2.45. The second-order valence-corrected chi connectivity index (χ2v) is 10.7. The van der Waals surface area contributed by atoms with Crippen LogP contribution in [0.4, 0.5) is 0 Å². The molecule has 2 aromatic carbocycles. The fraction of sp³-hybridized carbons (Fsp3) is 0.304. The number of aliphatic carboxylic acids is 2. The van der Waals surface area contributed by atoms with Gasteiger partial charge in [0, 0.05) is 10.6 Å². The number of ether oxygens (including phenoxy) is 1. The van der Waals surface area contributed by atoms with Gasteiger partial charge in [-0.05, 0) is 62.2 Å². The van der Waals surface area contributed by atoms with Gasteiger partial charge in [-0.3, -0.25) is 9.59 Å². The first-order chi connectivity index (χ1) is 14.9. The first kappa shape index (κ1) is 23.8. The third kappa shape index (κ3) is 4.38. The van der Waals surface area contributed by atoms with Gasteiger partial charge >= 0.3 is 11.9 Å². The normalized spacial score (nSPS) is 23.0. The van der Waals surface area contributed by atoms with Gasteiger partial charge in [0.05, 0.1) is 16.1 Å². The third-order valence-electron chi connectivity index (χ3n) is 5.77. The molecule has 7 nitrogen and oxygen atoms in total. The molecule has 0 heterocycles. The van der Waals surface area contributed by atoms with Crippen LogP contribution in [0.25, 0.3) is 0 Å². The van der Waals surface area contributed by atoms with E-state index in [1.54, 1.807) is 24.3 Å². The molecule has 2 unspecified atom stereocenters. The van der Waals surface area contributed by atoms with Crippen LogP contribution < -0.4 is 4.74 Å². The summed E-state index contributed by atoms with van der Waals surface area (Å²) >= 11 is 5.92. The van der Waals surface area contributed by atoms with Gasteiger partial charge < -0.3 is 14.9 Å². The van der Waals surface area contributed by atoms with E-state index in [1.165, 1.54) is 44.2 Å². The number of benzene rings is 2. The molecule has 2 atom stereocenters. The zero-order valence-electron chi connectivity index (χ0n) is 17.5. The minimum absolute atomic E-state index is 0.0161. The molecule has 0 saturated heterocycles. The first-order valence-electron chi connectivity index (χ1n) is 9.89. The molecule has 0 fully saturated rings. The maximum atomic E-state index is 12.6. The van der Waals surface area contributed by atoms with Gasteiger partial charge in [-0.1, -0.05) is 30.7 Å². The van der Waals surface area contributed by atoms with E-state index in [0.29, 0.717) is 10.8 Å². The Labute approximate surface area is 191 Å². The van der Waals surface area contributed by atoms with Gasteiger partial charge in [0.25, 0.3) is 0 Å². The molecule has 2 N–H and O–H groups in total. The van der Waals surface area contributed by atoms with Crippen molar-refractivity contribution in [2.45, 2.75) is 37.0 Å². The number of carboxylic acids is 2. The molecule has 1 aliphatic rings. The van der Waals surface area contributed by atoms with Gasteiger partial charge in [-0.25, -0.2) is 8.42 Å². The number of carbonyl (C=O) groups is 2. The van der Waals surface area contributed by atoms with Crippen molar-refractivity contribution < 1.29 is 33.0 Å². The van der Waals surface area contributed by atoms with Gasteiger partial charge in [0.15, 0.2) is 9.84 Å². The van der Waals surface area contributed by atoms with Crippen molar-refractivity contribution in [2.75, 3.05) is 5.75 Å². The Kier molecular flexibility index (Phi) is 6.40. The van der Waals surface area contributed by atoms with Gasteiger partial charge in [0.2, 0.25) is 0 Å². The molecule has 1 aliphatic carbocycles. The average molecular weight is 479 g/mol. The summed E-state index contributed by atoms with van der Waals surface area (Å²) in [6, 6.07) is 10.5. The standard InChI is InChI=1S/C23H23ClO7S/c1-3-32(29,30)17-9-10-19(31-16-7-5-15(24)6-8-16)18(13-17)23(21(27)28)12-4-11-22(2,14-23)20(25)26/h4-11,13H,3,12,14H2,1-2H3,(H,25,26)(H,27,28). The van der Waals surface area contributed by atoms with Gasteiger partial charge in [-0.2, -0.15) is 0 Å². The van der Waals surface area contributed by atoms with Crippen molar-refractivity contribution in [3.8, 4) is 11.5 Å². The lowest BCUT2D eigenvalue weighted by Gasteiger charge is -2.39. The molecule has 2 aromatic rings. The topological polar surface area (TPSA) is 118 Å². The van der Waals surface area contributed by atoms with E-state index in [9.17, 15) is 28.2 Å². The van der Waals surface area contributed by atoms with Crippen LogP contribution >= 0.6 is 11.6 Å². The smallest absolute Gasteiger partial charge is 0.314 e. The van der Waals surface area contributed by atoms with Crippen molar-refractivity contribution in [2.24, 2.45) is 5.41 Å². The van der Waals surface area contributed by atoms with Crippen LogP contribution in [0, 0.1) is 5.41 Å². The minimum atomic E-state index is -3.65. The summed E-state index contributed by atoms with van der Waals surface area (Å²) in [5.74, 6) is -2.10. The van der Waals surface area contributed by atoms with E-state index in [2.05, 4.69) is 0 Å². The molecule has 9 heteroatoms. The van der Waals surface area contributed by atoms with E-state index in [0.717, 1.165) is 0 Å². The van der Waals surface area contributed by atoms with Crippen molar-refractivity contribution in [3.05, 3.63) is 65.2 Å². The molecule has 0 aliphatic heterocycles. The summed E-state index contributed by atoms with van der Waals surface area (Å²) in [5, 5.41) is 20.5. The Morgan fingerprint density at radius 2 is 1.75 bits per heavy atom. The number of sulfone groups is 1. The number of rotatable bonds is 7. The number of hydrogen-bond donors (Lipinski definition) is 2. The van der Waals surface area contributed by atoms with Crippen LogP contribution in [0.15, 0.2) is 59.5 Å². The van der Waals surface area contributed by atoms with Crippen LogP contribution in [-0.4, -0.2) is 36.3 Å². The number of halogens is 1. The zero-order chi connectivity index (χ0) is 23.7. The molecule has 0 saturated carbocycles. The monoisotopic (exact) mass is 478 g/mol. The molecule has 0 amide bonds. The molecule has 32 heavy (non-hydrogen) atoms. The van der Waals surface area contributed by atoms with Gasteiger partial charge in [-0.15, -0.1) is 0 Å². The highest BCUT2D eigenvalue weighted by Gasteiger charge is 2.51. The molecule has 0 bridgehead atoms. The minimum Gasteiger partial charge on any atom is -0.481 e. The molecular weight excluding hydrogens is 456 g/mol. The van der Waals surface area contributed by atoms with Crippen LogP contribution in [0.1, 0.15) is 32.3 Å². The summed E-state index contributed by atoms with van der Waals surface area (Å²) in [5.41, 5.74) is -3.05. The molecule has 0 radical (unpaired) electrons. The zero-order valence-corrected chi connectivity index (χ0v) is 19.1. The van der Waals surface area contributed by atoms with Crippen molar-refractivity contribution in [3.63, 3.8) is 0 Å². The maximum absolute atomic E-state index is 12.6. The second kappa shape index (κ2) is 8.60. The maximum Gasteiger partial charge on any atom is 0.314 e. The van der Waals surface area contributed by atoms with Gasteiger partial charge in [0.1, 0.15) is 16.9 Å². The highest BCUT2D eigenvalue weighted by Crippen LogP contribution is 2.49. The number of carboxylic acid groups (broad SMARTS) is 2. The van der Waals surface area contributed by atoms with Crippen LogP contribution in [0.5, 0.6) is 11.5 Å². The molecular formula is C23H23ClO7S. The summed E-state index contributed by atoms with van der Waals surface area (Å²) < 4.78 is 31.0. The highest BCUT2D eigenvalue weighted by molar-refractivity contribution is 7.91. The van der Waals surface area contributed by atoms with E-state index in [4.69, 9.17) is 16.3 Å². The van der Waals surface area contributed by atoms with E-state index in [-0.39, 0.29) is 34.8 Å². The van der Waals surface area contributed by atoms with Crippen LogP contribution in [0.2, 0.25) is 5.02 Å². The van der Waals surface area contributed by atoms with E-state index >= 15 is 0 Å². The Morgan fingerprint density at radius 1 is 1.09 bits per heavy atom. The average Bonchev–Trinajstić information content (AvgIpc) is 2.75. The molecule has 0 spiro atoms. The van der Waals surface area contributed by atoms with Crippen molar-refractivity contribution in [1.82, 2.24) is 0 Å². The van der Waals surface area contributed by atoms with E-state index < -0.39 is 32.6 Å². The summed E-state index contributed by atoms with van der Waals surface area (Å²) in [6.45, 7) is 2.93. The quantitative estimate of drug-likeness (QED) is 0.554. The summed E-state index contributed by atoms with van der Waals surface area (Å²) in [7, 11) is -3.65. The van der Waals surface area contributed by atoms with Crippen molar-refractivity contribution in [1.29, 1.82) is 0 Å². The van der Waals surface area contributed by atoms with Crippen molar-refractivity contribution >= 4 is 33.4 Å². The highest BCUT2D eigenvalue weighted by atomic mass is 35.5. The Bertz CT molecular complexity index is 1190. The first-order valence-corrected chi connectivity index (χ1v) is 11.9. The lowest BCUT2D eigenvalue weighted by atomic mass is 9.63. The van der Waals surface area contributed by atoms with E-state index in [1.807, 2.05) is 0 Å². The fourth-order valence-corrected chi connectivity index (χ4v) is 4.90. The predicted octanol–water partition coefficient (Wildman–Crippen LogP) is 4.69. The third-order valence-corrected chi connectivity index (χ3v) is 7.75. The Hall–Kier alpha value is -2.84. The Balaban J connectivity index is 2.24. The fourth-order valence-electron chi connectivity index (χ4n) is 3.87. The van der Waals surface area contributed by atoms with Crippen LogP contribution in [-0.2, 0) is 24.8 Å². The number of allylic oxidation sites excluding steroid dienone is 1. The Morgan fingerprint density at radius 3 is 2.31 bits per heavy atom. The molecule has 0 aromatic heterocycles. The largest absolute Gasteiger partial charge is 0.481 e. The summed E-state index contributed by atoms with van der Waals surface area (Å²) in [4.78, 5) is 24.5. The number of hydrogen-bond acceptors (Lipinski definition) is 5. The predicted molar refractivity (Wildman–Crippen MR) is 119 cm³/mol. The lowest BCUT2D eigenvalue weighted by molar-refractivity contribution is -0.151. The SMILES string of the molecule is CCS(=O)(=O)c1ccc(Oc2ccc(Cl)cc2)c(C2(C(=O)O)CC=CC(C)(C(=O)O)C2)c1. The second-order valence-electron chi connectivity index (χ2n) is 8.01. The van der Waals surface area contributed by atoms with Crippen LogP contribution in [0.3, 0.4) is 0 Å².